The second-order valence-corrected chi connectivity index (χ2v) is 10.4. The average Bonchev–Trinajstić information content (AvgIpc) is 3.30. The molecule has 1 aromatic carbocycles. The van der Waals surface area contributed by atoms with E-state index in [1.54, 1.807) is 12.1 Å². The van der Waals surface area contributed by atoms with Gasteiger partial charge < -0.3 is 29.7 Å². The predicted octanol–water partition coefficient (Wildman–Crippen LogP) is 1.48. The lowest BCUT2D eigenvalue weighted by atomic mass is 10.0. The summed E-state index contributed by atoms with van der Waals surface area (Å²) in [6.07, 6.45) is 1.72. The summed E-state index contributed by atoms with van der Waals surface area (Å²) in [5.74, 6) is -2.18. The van der Waals surface area contributed by atoms with Crippen LogP contribution in [-0.2, 0) is 59.0 Å². The molecule has 3 amide bonds. The Labute approximate surface area is 262 Å². The number of nitrogens with zero attached hydrogens (tertiary/aromatic N) is 1. The van der Waals surface area contributed by atoms with Crippen molar-refractivity contribution in [1.82, 2.24) is 10.4 Å². The molecular formula is C31H43N3O11. The maximum atomic E-state index is 12.2. The lowest BCUT2D eigenvalue weighted by Gasteiger charge is -2.12. The highest BCUT2D eigenvalue weighted by molar-refractivity contribution is 6.01. The van der Waals surface area contributed by atoms with Crippen molar-refractivity contribution in [3.05, 3.63) is 29.8 Å². The van der Waals surface area contributed by atoms with Crippen LogP contribution in [0, 0.1) is 0 Å². The third kappa shape index (κ3) is 17.3. The van der Waals surface area contributed by atoms with Gasteiger partial charge in [0.15, 0.2) is 0 Å². The molecule has 1 aromatic rings. The van der Waals surface area contributed by atoms with Gasteiger partial charge in [0.05, 0.1) is 59.0 Å². The molecule has 1 aliphatic rings. The van der Waals surface area contributed by atoms with Crippen LogP contribution in [0.2, 0.25) is 0 Å². The van der Waals surface area contributed by atoms with E-state index in [2.05, 4.69) is 10.6 Å². The lowest BCUT2D eigenvalue weighted by molar-refractivity contribution is -0.198. The Morgan fingerprint density at radius 2 is 1.38 bits per heavy atom. The topological polar surface area (TPSA) is 184 Å². The summed E-state index contributed by atoms with van der Waals surface area (Å²) in [6.45, 7) is 3.79. The monoisotopic (exact) mass is 633 g/mol. The molecule has 1 aliphatic heterocycles. The minimum atomic E-state index is -0.721. The van der Waals surface area contributed by atoms with Gasteiger partial charge in [0.25, 0.3) is 11.8 Å². The number of benzene rings is 1. The molecule has 0 bridgehead atoms. The molecule has 0 aromatic heterocycles. The van der Waals surface area contributed by atoms with Gasteiger partial charge in [-0.25, -0.2) is 4.79 Å². The molecule has 14 heteroatoms. The Hall–Kier alpha value is -3.85. The molecule has 1 heterocycles. The van der Waals surface area contributed by atoms with Gasteiger partial charge in [0.2, 0.25) is 5.91 Å². The number of aryl methyl sites for hydroxylation is 1. The van der Waals surface area contributed by atoms with E-state index in [1.165, 1.54) is 6.92 Å². The second kappa shape index (κ2) is 21.8. The molecule has 45 heavy (non-hydrogen) atoms. The highest BCUT2D eigenvalue weighted by Gasteiger charge is 2.32. The SMILES string of the molecule is CC(=O)CC(=O)CCc1ccc(NC(=O)CCCC(=O)CNCCOCCOCCOCCC(=O)ON2C(=O)CCC2=O)cc1. The number of hydrogen-bond acceptors (Lipinski definition) is 12. The van der Waals surface area contributed by atoms with Gasteiger partial charge in [-0.2, -0.15) is 0 Å². The van der Waals surface area contributed by atoms with E-state index in [-0.39, 0.29) is 81.5 Å². The van der Waals surface area contributed by atoms with E-state index in [9.17, 15) is 33.6 Å². The first-order chi connectivity index (χ1) is 21.6. The summed E-state index contributed by atoms with van der Waals surface area (Å²) in [5, 5.41) is 6.30. The number of carbonyl (C=O) groups excluding carboxylic acids is 7. The van der Waals surface area contributed by atoms with Gasteiger partial charge in [-0.05, 0) is 37.5 Å². The molecule has 0 unspecified atom stereocenters. The average molecular weight is 634 g/mol. The molecule has 0 saturated carbocycles. The first-order valence-corrected chi connectivity index (χ1v) is 15.1. The van der Waals surface area contributed by atoms with Gasteiger partial charge in [-0.3, -0.25) is 28.8 Å². The Morgan fingerprint density at radius 3 is 2.02 bits per heavy atom. The normalized spacial score (nSPS) is 12.8. The number of nitrogens with one attached hydrogen (secondary N) is 2. The lowest BCUT2D eigenvalue weighted by Crippen LogP contribution is -2.32. The third-order valence-corrected chi connectivity index (χ3v) is 6.37. The Bertz CT molecular complexity index is 1140. The van der Waals surface area contributed by atoms with Gasteiger partial charge in [-0.1, -0.05) is 12.1 Å². The summed E-state index contributed by atoms with van der Waals surface area (Å²) >= 11 is 0. The van der Waals surface area contributed by atoms with Crippen molar-refractivity contribution in [2.75, 3.05) is 58.0 Å². The summed E-state index contributed by atoms with van der Waals surface area (Å²) in [5.41, 5.74) is 1.58. The zero-order valence-electron chi connectivity index (χ0n) is 25.8. The number of ketones is 3. The van der Waals surface area contributed by atoms with Crippen LogP contribution in [0.25, 0.3) is 0 Å². The van der Waals surface area contributed by atoms with E-state index < -0.39 is 17.8 Å². The maximum absolute atomic E-state index is 12.2. The maximum Gasteiger partial charge on any atom is 0.335 e. The van der Waals surface area contributed by atoms with Crippen LogP contribution in [0.15, 0.2) is 24.3 Å². The smallest absolute Gasteiger partial charge is 0.335 e. The summed E-state index contributed by atoms with van der Waals surface area (Å²) in [7, 11) is 0. The van der Waals surface area contributed by atoms with Crippen LogP contribution in [0.4, 0.5) is 5.69 Å². The van der Waals surface area contributed by atoms with Crippen LogP contribution in [0.1, 0.15) is 63.9 Å². The standard InChI is InChI=1S/C31H43N3O11/c1-23(35)21-26(36)10-7-24-5-8-25(9-6-24)33-28(38)4-2-3-27(37)22-32-14-16-43-18-20-44-19-17-42-15-13-31(41)45-34-29(39)11-12-30(34)40/h5-6,8-9,32H,2-4,7,10-22H2,1H3,(H,33,38). The van der Waals surface area contributed by atoms with Gasteiger partial charge in [0, 0.05) is 44.3 Å². The van der Waals surface area contributed by atoms with Crippen LogP contribution in [0.3, 0.4) is 0 Å². The summed E-state index contributed by atoms with van der Waals surface area (Å²) in [6, 6.07) is 7.19. The number of hydroxylamine groups is 2. The first kappa shape index (κ1) is 37.3. The number of anilines is 1. The molecule has 2 N–H and O–H groups in total. The minimum Gasteiger partial charge on any atom is -0.378 e. The number of carbonyl (C=O) groups is 7. The van der Waals surface area contributed by atoms with E-state index in [4.69, 9.17) is 19.0 Å². The molecule has 1 saturated heterocycles. The number of hydrogen-bond donors (Lipinski definition) is 2. The van der Waals surface area contributed by atoms with Crippen LogP contribution in [0.5, 0.6) is 0 Å². The Morgan fingerprint density at radius 1 is 0.756 bits per heavy atom. The van der Waals surface area contributed by atoms with Crippen molar-refractivity contribution in [2.24, 2.45) is 0 Å². The fraction of sp³-hybridized carbons (Fsp3) is 0.581. The molecule has 2 rings (SSSR count). The fourth-order valence-corrected chi connectivity index (χ4v) is 4.04. The zero-order valence-corrected chi connectivity index (χ0v) is 25.8. The Balaban J connectivity index is 1.36. The zero-order chi connectivity index (χ0) is 32.9. The van der Waals surface area contributed by atoms with Crippen molar-refractivity contribution in [2.45, 2.75) is 64.7 Å². The predicted molar refractivity (Wildman–Crippen MR) is 160 cm³/mol. The number of amides is 3. The van der Waals surface area contributed by atoms with E-state index in [0.29, 0.717) is 63.0 Å². The number of Topliss-reactive ketones (excluding diaryl/α,β-unsaturated/α-hetero) is 3. The van der Waals surface area contributed by atoms with Crippen molar-refractivity contribution in [3.8, 4) is 0 Å². The molecule has 0 radical (unpaired) electrons. The molecule has 0 atom stereocenters. The van der Waals surface area contributed by atoms with Crippen molar-refractivity contribution in [1.29, 1.82) is 0 Å². The van der Waals surface area contributed by atoms with E-state index in [1.807, 2.05) is 12.1 Å². The third-order valence-electron chi connectivity index (χ3n) is 6.37. The summed E-state index contributed by atoms with van der Waals surface area (Å²) in [4.78, 5) is 86.0. The van der Waals surface area contributed by atoms with E-state index >= 15 is 0 Å². The van der Waals surface area contributed by atoms with Gasteiger partial charge >= 0.3 is 5.97 Å². The van der Waals surface area contributed by atoms with Gasteiger partial charge in [-0.15, -0.1) is 5.06 Å². The molecule has 0 spiro atoms. The number of imide groups is 1. The molecular weight excluding hydrogens is 590 g/mol. The minimum absolute atomic E-state index is 0.00101. The molecule has 1 fully saturated rings. The fourth-order valence-electron chi connectivity index (χ4n) is 4.04. The van der Waals surface area contributed by atoms with Crippen LogP contribution in [-0.4, -0.2) is 98.8 Å². The van der Waals surface area contributed by atoms with Crippen molar-refractivity contribution < 1.29 is 52.6 Å². The summed E-state index contributed by atoms with van der Waals surface area (Å²) < 4.78 is 16.1. The quantitative estimate of drug-likeness (QED) is 0.0900. The number of rotatable bonds is 25. The van der Waals surface area contributed by atoms with E-state index in [0.717, 1.165) is 5.56 Å². The molecule has 0 aliphatic carbocycles. The second-order valence-electron chi connectivity index (χ2n) is 10.4. The van der Waals surface area contributed by atoms with Gasteiger partial charge in [0.1, 0.15) is 17.3 Å². The number of ether oxygens (including phenoxy) is 3. The Kier molecular flexibility index (Phi) is 18.1. The highest BCUT2D eigenvalue weighted by Crippen LogP contribution is 2.14. The molecule has 14 nitrogen and oxygen atoms in total. The highest BCUT2D eigenvalue weighted by atomic mass is 16.7. The largest absolute Gasteiger partial charge is 0.378 e. The van der Waals surface area contributed by atoms with Crippen LogP contribution >= 0.6 is 0 Å². The molecule has 248 valence electrons. The first-order valence-electron chi connectivity index (χ1n) is 15.1. The van der Waals surface area contributed by atoms with Crippen LogP contribution < -0.4 is 10.6 Å². The van der Waals surface area contributed by atoms with Crippen molar-refractivity contribution in [3.63, 3.8) is 0 Å². The van der Waals surface area contributed by atoms with Crippen molar-refractivity contribution >= 4 is 46.7 Å².